The van der Waals surface area contributed by atoms with Gasteiger partial charge >= 0.3 is 11.8 Å². The molecule has 3 aromatic rings. The van der Waals surface area contributed by atoms with E-state index in [0.29, 0.717) is 28.8 Å². The number of hydrogen-bond donors (Lipinski definition) is 2. The van der Waals surface area contributed by atoms with Crippen LogP contribution in [0.25, 0.3) is 10.9 Å². The Hall–Kier alpha value is -3.48. The van der Waals surface area contributed by atoms with Gasteiger partial charge in [0.05, 0.1) is 10.9 Å². The minimum Gasteiger partial charge on any atom is -0.318 e. The first-order valence-corrected chi connectivity index (χ1v) is 9.74. The van der Waals surface area contributed by atoms with Crippen LogP contribution in [0, 0.1) is 6.92 Å². The number of fused-ring (bicyclic) bond motifs is 2. The Labute approximate surface area is 167 Å². The lowest BCUT2D eigenvalue weighted by Crippen LogP contribution is -2.29. The highest BCUT2D eigenvalue weighted by Gasteiger charge is 2.17. The molecule has 1 aliphatic heterocycles. The zero-order chi connectivity index (χ0) is 20.4. The van der Waals surface area contributed by atoms with E-state index in [1.54, 1.807) is 34.9 Å². The Morgan fingerprint density at radius 3 is 2.62 bits per heavy atom. The molecule has 1 aliphatic rings. The van der Waals surface area contributed by atoms with Crippen molar-refractivity contribution < 1.29 is 9.59 Å². The molecular formula is C22H22N4O3. The summed E-state index contributed by atoms with van der Waals surface area (Å²) in [7, 11) is 0. The van der Waals surface area contributed by atoms with E-state index < -0.39 is 11.8 Å². The number of nitrogens with zero attached hydrogens (tertiary/aromatic N) is 2. The van der Waals surface area contributed by atoms with E-state index in [0.717, 1.165) is 37.1 Å². The van der Waals surface area contributed by atoms with Gasteiger partial charge in [0.2, 0.25) is 0 Å². The first-order valence-electron chi connectivity index (χ1n) is 9.74. The van der Waals surface area contributed by atoms with Crippen LogP contribution < -0.4 is 16.2 Å². The van der Waals surface area contributed by atoms with E-state index in [4.69, 9.17) is 0 Å². The van der Waals surface area contributed by atoms with Crippen LogP contribution in [0.15, 0.2) is 47.3 Å². The summed E-state index contributed by atoms with van der Waals surface area (Å²) >= 11 is 0. The van der Waals surface area contributed by atoms with Crippen LogP contribution in [-0.2, 0) is 22.6 Å². The van der Waals surface area contributed by atoms with Crippen molar-refractivity contribution >= 4 is 34.1 Å². The van der Waals surface area contributed by atoms with Crippen LogP contribution in [0.5, 0.6) is 0 Å². The summed E-state index contributed by atoms with van der Waals surface area (Å²) in [6.45, 7) is 2.51. The molecule has 148 valence electrons. The molecule has 2 aromatic carbocycles. The maximum atomic E-state index is 12.9. The Kier molecular flexibility index (Phi) is 5.12. The van der Waals surface area contributed by atoms with Crippen LogP contribution in [0.4, 0.5) is 11.4 Å². The molecule has 1 aromatic heterocycles. The number of hydrogen-bond acceptors (Lipinski definition) is 4. The first kappa shape index (κ1) is 18.9. The van der Waals surface area contributed by atoms with Crippen molar-refractivity contribution in [3.63, 3.8) is 0 Å². The second-order valence-electron chi connectivity index (χ2n) is 7.25. The van der Waals surface area contributed by atoms with E-state index in [1.807, 2.05) is 19.1 Å². The molecule has 0 spiro atoms. The van der Waals surface area contributed by atoms with Crippen LogP contribution >= 0.6 is 0 Å². The molecule has 0 saturated heterocycles. The SMILES string of the molecule is Cc1ccccc1NC(=O)C(=O)Nc1ccc2nc3n(c(=O)c2c1)CCCCC3. The lowest BCUT2D eigenvalue weighted by molar-refractivity contribution is -0.133. The fourth-order valence-electron chi connectivity index (χ4n) is 3.58. The molecule has 0 fully saturated rings. The zero-order valence-corrected chi connectivity index (χ0v) is 16.2. The van der Waals surface area contributed by atoms with Gasteiger partial charge in [-0.1, -0.05) is 24.6 Å². The van der Waals surface area contributed by atoms with Crippen LogP contribution in [0.1, 0.15) is 30.7 Å². The summed E-state index contributed by atoms with van der Waals surface area (Å²) in [4.78, 5) is 42.1. The van der Waals surface area contributed by atoms with Gasteiger partial charge in [-0.25, -0.2) is 4.98 Å². The summed E-state index contributed by atoms with van der Waals surface area (Å²) in [6.07, 6.45) is 3.86. The summed E-state index contributed by atoms with van der Waals surface area (Å²) in [6, 6.07) is 12.2. The predicted octanol–water partition coefficient (Wildman–Crippen LogP) is 3.01. The summed E-state index contributed by atoms with van der Waals surface area (Å²) in [5, 5.41) is 5.60. The largest absolute Gasteiger partial charge is 0.318 e. The molecule has 0 saturated carbocycles. The molecule has 0 atom stereocenters. The topological polar surface area (TPSA) is 93.1 Å². The van der Waals surface area contributed by atoms with Gasteiger partial charge in [-0.3, -0.25) is 19.0 Å². The normalized spacial score (nSPS) is 13.4. The Morgan fingerprint density at radius 1 is 1.00 bits per heavy atom. The molecule has 7 nitrogen and oxygen atoms in total. The van der Waals surface area contributed by atoms with Crippen LogP contribution in [0.3, 0.4) is 0 Å². The maximum absolute atomic E-state index is 12.9. The number of rotatable bonds is 2. The quantitative estimate of drug-likeness (QED) is 0.658. The molecule has 2 amide bonds. The first-order chi connectivity index (χ1) is 14.0. The third-order valence-corrected chi connectivity index (χ3v) is 5.17. The number of amides is 2. The fourth-order valence-corrected chi connectivity index (χ4v) is 3.58. The number of carbonyl (C=O) groups excluding carboxylic acids is 2. The highest BCUT2D eigenvalue weighted by molar-refractivity contribution is 6.43. The van der Waals surface area contributed by atoms with Crippen molar-refractivity contribution in [2.24, 2.45) is 0 Å². The fraction of sp³-hybridized carbons (Fsp3) is 0.273. The van der Waals surface area contributed by atoms with Crippen molar-refractivity contribution in [3.8, 4) is 0 Å². The van der Waals surface area contributed by atoms with E-state index in [9.17, 15) is 14.4 Å². The Morgan fingerprint density at radius 2 is 1.79 bits per heavy atom. The summed E-state index contributed by atoms with van der Waals surface area (Å²) in [5.74, 6) is -0.749. The Bertz CT molecular complexity index is 1170. The van der Waals surface area contributed by atoms with Crippen molar-refractivity contribution in [1.29, 1.82) is 0 Å². The molecule has 4 rings (SSSR count). The van der Waals surface area contributed by atoms with Gasteiger partial charge < -0.3 is 10.6 Å². The van der Waals surface area contributed by atoms with Gasteiger partial charge in [-0.05, 0) is 49.6 Å². The van der Waals surface area contributed by atoms with Crippen LogP contribution in [0.2, 0.25) is 0 Å². The zero-order valence-electron chi connectivity index (χ0n) is 16.2. The van der Waals surface area contributed by atoms with Crippen molar-refractivity contribution in [1.82, 2.24) is 9.55 Å². The highest BCUT2D eigenvalue weighted by atomic mass is 16.2. The number of aromatic nitrogens is 2. The molecule has 29 heavy (non-hydrogen) atoms. The minimum absolute atomic E-state index is 0.104. The number of benzene rings is 2. The molecular weight excluding hydrogens is 368 g/mol. The molecule has 2 N–H and O–H groups in total. The molecule has 0 unspecified atom stereocenters. The number of anilines is 2. The average Bonchev–Trinajstić information content (AvgIpc) is 2.96. The van der Waals surface area contributed by atoms with Gasteiger partial charge in [-0.2, -0.15) is 0 Å². The lowest BCUT2D eigenvalue weighted by atomic mass is 10.2. The van der Waals surface area contributed by atoms with Gasteiger partial charge in [0.25, 0.3) is 5.56 Å². The van der Waals surface area contributed by atoms with E-state index in [1.165, 1.54) is 0 Å². The van der Waals surface area contributed by atoms with Crippen molar-refractivity contribution in [2.75, 3.05) is 10.6 Å². The van der Waals surface area contributed by atoms with Gasteiger partial charge in [-0.15, -0.1) is 0 Å². The second kappa shape index (κ2) is 7.87. The van der Waals surface area contributed by atoms with Gasteiger partial charge in [0.15, 0.2) is 0 Å². The van der Waals surface area contributed by atoms with E-state index >= 15 is 0 Å². The molecule has 2 heterocycles. The lowest BCUT2D eigenvalue weighted by Gasteiger charge is -2.12. The standard InChI is InChI=1S/C22H22N4O3/c1-14-7-4-5-8-17(14)25-21(28)20(27)23-15-10-11-18-16(13-15)22(29)26-12-6-2-3-9-19(26)24-18/h4-5,7-8,10-11,13H,2-3,6,9,12H2,1H3,(H,23,27)(H,25,28). The average molecular weight is 390 g/mol. The summed E-state index contributed by atoms with van der Waals surface area (Å²) < 4.78 is 1.73. The van der Waals surface area contributed by atoms with Crippen molar-refractivity contribution in [2.45, 2.75) is 39.2 Å². The Balaban J connectivity index is 1.57. The predicted molar refractivity (Wildman–Crippen MR) is 112 cm³/mol. The second-order valence-corrected chi connectivity index (χ2v) is 7.25. The highest BCUT2D eigenvalue weighted by Crippen LogP contribution is 2.19. The third kappa shape index (κ3) is 3.89. The van der Waals surface area contributed by atoms with E-state index in [2.05, 4.69) is 15.6 Å². The van der Waals surface area contributed by atoms with Crippen LogP contribution in [-0.4, -0.2) is 21.4 Å². The third-order valence-electron chi connectivity index (χ3n) is 5.17. The number of carbonyl (C=O) groups is 2. The molecule has 0 bridgehead atoms. The molecule has 0 radical (unpaired) electrons. The summed E-state index contributed by atoms with van der Waals surface area (Å²) in [5.41, 5.74) is 2.32. The van der Waals surface area contributed by atoms with Gasteiger partial charge in [0, 0.05) is 24.3 Å². The van der Waals surface area contributed by atoms with E-state index in [-0.39, 0.29) is 5.56 Å². The van der Waals surface area contributed by atoms with Crippen molar-refractivity contribution in [3.05, 3.63) is 64.2 Å². The van der Waals surface area contributed by atoms with Gasteiger partial charge in [0.1, 0.15) is 5.82 Å². The smallest absolute Gasteiger partial charge is 0.314 e. The minimum atomic E-state index is -0.796. The number of para-hydroxylation sites is 1. The maximum Gasteiger partial charge on any atom is 0.314 e. The molecule has 7 heteroatoms. The number of aryl methyl sites for hydroxylation is 2. The monoisotopic (exact) mass is 390 g/mol. The number of nitrogens with one attached hydrogen (secondary N) is 2. The molecule has 0 aliphatic carbocycles.